The molecule has 0 unspecified atom stereocenters. The fraction of sp³-hybridized carbons (Fsp3) is 0.364. The molecule has 28 heavy (non-hydrogen) atoms. The van der Waals surface area contributed by atoms with Crippen LogP contribution in [0.2, 0.25) is 0 Å². The summed E-state index contributed by atoms with van der Waals surface area (Å²) in [5, 5.41) is 4.14. The normalized spacial score (nSPS) is 15.4. The summed E-state index contributed by atoms with van der Waals surface area (Å²) >= 11 is 0. The molecular weight excluding hydrogens is 355 g/mol. The first-order valence-electron chi connectivity index (χ1n) is 9.74. The van der Waals surface area contributed by atoms with Crippen LogP contribution in [0.3, 0.4) is 0 Å². The summed E-state index contributed by atoms with van der Waals surface area (Å²) in [5.41, 5.74) is 3.33. The number of rotatable bonds is 5. The summed E-state index contributed by atoms with van der Waals surface area (Å²) in [6, 6.07) is 15.0. The van der Waals surface area contributed by atoms with E-state index in [0.29, 0.717) is 24.2 Å². The molecule has 1 saturated heterocycles. The molecule has 5 nitrogen and oxygen atoms in total. The number of piperazine rings is 1. The molecule has 1 aliphatic rings. The van der Waals surface area contributed by atoms with Gasteiger partial charge in [0, 0.05) is 37.4 Å². The lowest BCUT2D eigenvalue weighted by Crippen LogP contribution is -2.46. The zero-order valence-corrected chi connectivity index (χ0v) is 16.3. The SMILES string of the molecule is CC(C)c1ccc(-c2noc(CN3CCN(c4ccc(F)cc4)CC3)n2)cc1. The number of hydrogen-bond donors (Lipinski definition) is 0. The van der Waals surface area contributed by atoms with Crippen LogP contribution in [0.25, 0.3) is 11.4 Å². The second-order valence-corrected chi connectivity index (χ2v) is 7.53. The topological polar surface area (TPSA) is 45.4 Å². The van der Waals surface area contributed by atoms with Gasteiger partial charge >= 0.3 is 0 Å². The van der Waals surface area contributed by atoms with E-state index in [0.717, 1.165) is 37.4 Å². The number of hydrogen-bond acceptors (Lipinski definition) is 5. The predicted octanol–water partition coefficient (Wildman–Crippen LogP) is 4.32. The van der Waals surface area contributed by atoms with E-state index in [4.69, 9.17) is 4.52 Å². The summed E-state index contributed by atoms with van der Waals surface area (Å²) in [4.78, 5) is 9.14. The molecule has 0 amide bonds. The molecule has 0 atom stereocenters. The highest BCUT2D eigenvalue weighted by Crippen LogP contribution is 2.21. The lowest BCUT2D eigenvalue weighted by molar-refractivity contribution is 0.215. The molecule has 2 heterocycles. The number of benzene rings is 2. The minimum Gasteiger partial charge on any atom is -0.369 e. The van der Waals surface area contributed by atoms with E-state index in [1.807, 2.05) is 24.3 Å². The van der Waals surface area contributed by atoms with Crippen LogP contribution in [0, 0.1) is 5.82 Å². The molecule has 4 rings (SSSR count). The van der Waals surface area contributed by atoms with Crippen LogP contribution in [0.5, 0.6) is 0 Å². The highest BCUT2D eigenvalue weighted by molar-refractivity contribution is 5.54. The van der Waals surface area contributed by atoms with E-state index < -0.39 is 0 Å². The highest BCUT2D eigenvalue weighted by atomic mass is 19.1. The molecular formula is C22H25FN4O. The first-order valence-corrected chi connectivity index (χ1v) is 9.74. The summed E-state index contributed by atoms with van der Waals surface area (Å²) in [6.45, 7) is 8.59. The summed E-state index contributed by atoms with van der Waals surface area (Å²) in [5.74, 6) is 1.57. The van der Waals surface area contributed by atoms with Crippen LogP contribution in [0.1, 0.15) is 31.2 Å². The summed E-state index contributed by atoms with van der Waals surface area (Å²) in [6.07, 6.45) is 0. The third kappa shape index (κ3) is 4.22. The van der Waals surface area contributed by atoms with Crippen molar-refractivity contribution in [3.05, 3.63) is 65.8 Å². The van der Waals surface area contributed by atoms with Crippen molar-refractivity contribution in [1.29, 1.82) is 0 Å². The molecule has 0 N–H and O–H groups in total. The van der Waals surface area contributed by atoms with Gasteiger partial charge in [0.05, 0.1) is 6.54 Å². The largest absolute Gasteiger partial charge is 0.369 e. The van der Waals surface area contributed by atoms with Crippen LogP contribution < -0.4 is 4.90 Å². The second kappa shape index (κ2) is 8.10. The molecule has 1 aliphatic heterocycles. The maximum atomic E-state index is 13.1. The maximum Gasteiger partial charge on any atom is 0.241 e. The Labute approximate surface area is 164 Å². The molecule has 0 saturated carbocycles. The standard InChI is InChI=1S/C22H25FN4O/c1-16(2)17-3-5-18(6-4-17)22-24-21(28-25-22)15-26-11-13-27(14-12-26)20-9-7-19(23)8-10-20/h3-10,16H,11-15H2,1-2H3. The average molecular weight is 380 g/mol. The second-order valence-electron chi connectivity index (χ2n) is 7.53. The Kier molecular flexibility index (Phi) is 5.39. The van der Waals surface area contributed by atoms with Gasteiger partial charge in [0.2, 0.25) is 11.7 Å². The molecule has 3 aromatic rings. The third-order valence-electron chi connectivity index (χ3n) is 5.23. The van der Waals surface area contributed by atoms with Crippen molar-refractivity contribution in [2.45, 2.75) is 26.3 Å². The van der Waals surface area contributed by atoms with Crippen LogP contribution in [-0.2, 0) is 6.54 Å². The molecule has 0 spiro atoms. The monoisotopic (exact) mass is 380 g/mol. The molecule has 0 aliphatic carbocycles. The van der Waals surface area contributed by atoms with Gasteiger partial charge in [0.15, 0.2) is 0 Å². The van der Waals surface area contributed by atoms with Crippen LogP contribution >= 0.6 is 0 Å². The molecule has 1 fully saturated rings. The average Bonchev–Trinajstić information content (AvgIpc) is 3.18. The predicted molar refractivity (Wildman–Crippen MR) is 108 cm³/mol. The van der Waals surface area contributed by atoms with Gasteiger partial charge in [0.25, 0.3) is 0 Å². The molecule has 6 heteroatoms. The Morgan fingerprint density at radius 2 is 1.64 bits per heavy atom. The van der Waals surface area contributed by atoms with Gasteiger partial charge in [-0.1, -0.05) is 43.3 Å². The minimum atomic E-state index is -0.201. The van der Waals surface area contributed by atoms with E-state index in [-0.39, 0.29) is 5.82 Å². The van der Waals surface area contributed by atoms with E-state index in [2.05, 4.69) is 45.9 Å². The maximum absolute atomic E-state index is 13.1. The van der Waals surface area contributed by atoms with E-state index in [9.17, 15) is 4.39 Å². The van der Waals surface area contributed by atoms with Crippen molar-refractivity contribution in [3.63, 3.8) is 0 Å². The van der Waals surface area contributed by atoms with Crippen molar-refractivity contribution < 1.29 is 8.91 Å². The number of nitrogens with zero attached hydrogens (tertiary/aromatic N) is 4. The Bertz CT molecular complexity index is 897. The van der Waals surface area contributed by atoms with Crippen molar-refractivity contribution in [2.24, 2.45) is 0 Å². The number of anilines is 1. The van der Waals surface area contributed by atoms with E-state index in [1.165, 1.54) is 17.7 Å². The van der Waals surface area contributed by atoms with Crippen molar-refractivity contribution in [1.82, 2.24) is 15.0 Å². The fourth-order valence-corrected chi connectivity index (χ4v) is 3.46. The molecule has 1 aromatic heterocycles. The van der Waals surface area contributed by atoms with Crippen molar-refractivity contribution >= 4 is 5.69 Å². The zero-order valence-electron chi connectivity index (χ0n) is 16.3. The Hall–Kier alpha value is -2.73. The molecule has 146 valence electrons. The van der Waals surface area contributed by atoms with Gasteiger partial charge in [-0.05, 0) is 35.7 Å². The zero-order chi connectivity index (χ0) is 19.5. The van der Waals surface area contributed by atoms with Crippen LogP contribution in [-0.4, -0.2) is 41.2 Å². The van der Waals surface area contributed by atoms with Gasteiger partial charge in [-0.15, -0.1) is 0 Å². The molecule has 0 bridgehead atoms. The quantitative estimate of drug-likeness (QED) is 0.660. The Morgan fingerprint density at radius 3 is 2.29 bits per heavy atom. The van der Waals surface area contributed by atoms with Crippen molar-refractivity contribution in [3.8, 4) is 11.4 Å². The van der Waals surface area contributed by atoms with Gasteiger partial charge in [0.1, 0.15) is 5.82 Å². The summed E-state index contributed by atoms with van der Waals surface area (Å²) < 4.78 is 18.6. The lowest BCUT2D eigenvalue weighted by atomic mass is 10.0. The van der Waals surface area contributed by atoms with Gasteiger partial charge < -0.3 is 9.42 Å². The van der Waals surface area contributed by atoms with Gasteiger partial charge in [-0.3, -0.25) is 4.90 Å². The summed E-state index contributed by atoms with van der Waals surface area (Å²) in [7, 11) is 0. The third-order valence-corrected chi connectivity index (χ3v) is 5.23. The van der Waals surface area contributed by atoms with Crippen LogP contribution in [0.15, 0.2) is 53.1 Å². The van der Waals surface area contributed by atoms with E-state index in [1.54, 1.807) is 0 Å². The smallest absolute Gasteiger partial charge is 0.241 e. The Balaban J connectivity index is 1.34. The minimum absolute atomic E-state index is 0.201. The van der Waals surface area contributed by atoms with Gasteiger partial charge in [-0.25, -0.2) is 4.39 Å². The highest BCUT2D eigenvalue weighted by Gasteiger charge is 2.20. The van der Waals surface area contributed by atoms with Crippen LogP contribution in [0.4, 0.5) is 10.1 Å². The first kappa shape index (κ1) is 18.6. The number of halogens is 1. The Morgan fingerprint density at radius 1 is 0.964 bits per heavy atom. The number of aromatic nitrogens is 2. The lowest BCUT2D eigenvalue weighted by Gasteiger charge is -2.35. The molecule has 0 radical (unpaired) electrons. The fourth-order valence-electron chi connectivity index (χ4n) is 3.46. The van der Waals surface area contributed by atoms with Crippen molar-refractivity contribution in [2.75, 3.05) is 31.1 Å². The van der Waals surface area contributed by atoms with Gasteiger partial charge in [-0.2, -0.15) is 4.98 Å². The van der Waals surface area contributed by atoms with E-state index >= 15 is 0 Å². The first-order chi connectivity index (χ1) is 13.6. The molecule has 2 aromatic carbocycles.